The molecule has 0 aromatic rings. The number of amides is 1. The highest BCUT2D eigenvalue weighted by Crippen LogP contribution is 2.30. The Morgan fingerprint density at radius 1 is 1.27 bits per heavy atom. The van der Waals surface area contributed by atoms with Crippen molar-refractivity contribution in [1.29, 1.82) is 0 Å². The van der Waals surface area contributed by atoms with E-state index in [0.717, 1.165) is 0 Å². The average Bonchev–Trinajstić information content (AvgIpc) is 2.02. The molecule has 15 heavy (non-hydrogen) atoms. The fourth-order valence-corrected chi connectivity index (χ4v) is 0.939. The number of methoxy groups -OCH3 is 1. The summed E-state index contributed by atoms with van der Waals surface area (Å²) in [6.45, 7) is 6.42. The molecule has 2 N–H and O–H groups in total. The lowest BCUT2D eigenvalue weighted by Gasteiger charge is -2.38. The van der Waals surface area contributed by atoms with E-state index in [0.29, 0.717) is 0 Å². The van der Waals surface area contributed by atoms with Gasteiger partial charge in [0.1, 0.15) is 6.61 Å². The highest BCUT2D eigenvalue weighted by molar-refractivity contribution is 5.81. The van der Waals surface area contributed by atoms with Gasteiger partial charge in [0.05, 0.1) is 11.0 Å². The third-order valence-corrected chi connectivity index (χ3v) is 2.82. The maximum atomic E-state index is 11.3. The molecule has 0 bridgehead atoms. The Balaban J connectivity index is 4.68. The van der Waals surface area contributed by atoms with Crippen LogP contribution in [-0.2, 0) is 14.3 Å². The van der Waals surface area contributed by atoms with E-state index in [9.17, 15) is 9.59 Å². The zero-order valence-electron chi connectivity index (χ0n) is 9.88. The minimum Gasteiger partial charge on any atom is -0.481 e. The van der Waals surface area contributed by atoms with Crippen molar-refractivity contribution in [3.05, 3.63) is 0 Å². The van der Waals surface area contributed by atoms with Gasteiger partial charge in [0, 0.05) is 7.11 Å². The molecule has 0 saturated heterocycles. The summed E-state index contributed by atoms with van der Waals surface area (Å²) in [6.07, 6.45) is 0. The standard InChI is InChI=1S/C10H19NO4/c1-9(2,8(13)14)10(3,4)11-7(12)6-15-5/h6H2,1-5H3,(H,11,12)(H,13,14). The van der Waals surface area contributed by atoms with E-state index in [1.165, 1.54) is 7.11 Å². The van der Waals surface area contributed by atoms with Gasteiger partial charge in [-0.1, -0.05) is 0 Å². The Morgan fingerprint density at radius 2 is 1.73 bits per heavy atom. The molecular weight excluding hydrogens is 198 g/mol. The highest BCUT2D eigenvalue weighted by Gasteiger charge is 2.44. The maximum Gasteiger partial charge on any atom is 0.311 e. The molecule has 0 spiro atoms. The number of nitrogens with one attached hydrogen (secondary N) is 1. The number of aliphatic carboxylic acids is 1. The Hall–Kier alpha value is -1.10. The van der Waals surface area contributed by atoms with Crippen LogP contribution in [0.3, 0.4) is 0 Å². The number of carboxylic acids is 1. The molecule has 0 fully saturated rings. The number of hydrogen-bond donors (Lipinski definition) is 2. The molecule has 0 aliphatic carbocycles. The van der Waals surface area contributed by atoms with Crippen molar-refractivity contribution in [1.82, 2.24) is 5.32 Å². The van der Waals surface area contributed by atoms with Crippen molar-refractivity contribution in [2.24, 2.45) is 5.41 Å². The second kappa shape index (κ2) is 4.61. The van der Waals surface area contributed by atoms with Crippen molar-refractivity contribution in [3.63, 3.8) is 0 Å². The molecule has 0 aromatic carbocycles. The molecule has 0 radical (unpaired) electrons. The molecule has 0 aliphatic rings. The molecule has 0 rings (SSSR count). The van der Waals surface area contributed by atoms with Gasteiger partial charge in [-0.25, -0.2) is 0 Å². The van der Waals surface area contributed by atoms with Crippen LogP contribution in [0.2, 0.25) is 0 Å². The third-order valence-electron chi connectivity index (χ3n) is 2.82. The van der Waals surface area contributed by atoms with Gasteiger partial charge in [0.25, 0.3) is 0 Å². The first-order valence-corrected chi connectivity index (χ1v) is 4.68. The van der Waals surface area contributed by atoms with E-state index in [-0.39, 0.29) is 12.5 Å². The summed E-state index contributed by atoms with van der Waals surface area (Å²) < 4.78 is 4.66. The average molecular weight is 217 g/mol. The molecule has 5 heteroatoms. The topological polar surface area (TPSA) is 75.6 Å². The monoisotopic (exact) mass is 217 g/mol. The number of carbonyl (C=O) groups is 2. The lowest BCUT2D eigenvalue weighted by atomic mass is 9.74. The number of carboxylic acid groups (broad SMARTS) is 1. The zero-order valence-corrected chi connectivity index (χ0v) is 9.88. The van der Waals surface area contributed by atoms with Crippen molar-refractivity contribution in [3.8, 4) is 0 Å². The fourth-order valence-electron chi connectivity index (χ4n) is 0.939. The number of hydrogen-bond acceptors (Lipinski definition) is 3. The molecule has 5 nitrogen and oxygen atoms in total. The van der Waals surface area contributed by atoms with Crippen molar-refractivity contribution < 1.29 is 19.4 Å². The van der Waals surface area contributed by atoms with Crippen molar-refractivity contribution in [2.75, 3.05) is 13.7 Å². The van der Waals surface area contributed by atoms with Gasteiger partial charge in [-0.05, 0) is 27.7 Å². The van der Waals surface area contributed by atoms with E-state index in [1.807, 2.05) is 0 Å². The van der Waals surface area contributed by atoms with E-state index in [4.69, 9.17) is 5.11 Å². The molecule has 0 aromatic heterocycles. The van der Waals surface area contributed by atoms with Crippen LogP contribution < -0.4 is 5.32 Å². The summed E-state index contributed by atoms with van der Waals surface area (Å²) in [5.74, 6) is -1.28. The number of rotatable bonds is 5. The maximum absolute atomic E-state index is 11.3. The first kappa shape index (κ1) is 13.9. The van der Waals surface area contributed by atoms with Crippen LogP contribution in [0.15, 0.2) is 0 Å². The number of ether oxygens (including phenoxy) is 1. The summed E-state index contributed by atoms with van der Waals surface area (Å²) in [4.78, 5) is 22.3. The summed E-state index contributed by atoms with van der Waals surface area (Å²) in [5, 5.41) is 11.7. The van der Waals surface area contributed by atoms with Gasteiger partial charge < -0.3 is 15.2 Å². The SMILES string of the molecule is COCC(=O)NC(C)(C)C(C)(C)C(=O)O. The molecule has 0 saturated carbocycles. The highest BCUT2D eigenvalue weighted by atomic mass is 16.5. The van der Waals surface area contributed by atoms with Crippen LogP contribution in [0.25, 0.3) is 0 Å². The van der Waals surface area contributed by atoms with E-state index >= 15 is 0 Å². The second-order valence-corrected chi connectivity index (χ2v) is 4.54. The third kappa shape index (κ3) is 3.20. The van der Waals surface area contributed by atoms with Crippen LogP contribution in [0.4, 0.5) is 0 Å². The first-order chi connectivity index (χ1) is 6.65. The van der Waals surface area contributed by atoms with Crippen LogP contribution in [0.1, 0.15) is 27.7 Å². The minimum atomic E-state index is -1.05. The van der Waals surface area contributed by atoms with Crippen LogP contribution in [0, 0.1) is 5.41 Å². The van der Waals surface area contributed by atoms with Gasteiger partial charge in [-0.15, -0.1) is 0 Å². The molecule has 0 aliphatic heterocycles. The molecule has 0 atom stereocenters. The van der Waals surface area contributed by atoms with Gasteiger partial charge in [-0.3, -0.25) is 9.59 Å². The molecule has 1 amide bonds. The Labute approximate surface area is 89.8 Å². The predicted molar refractivity (Wildman–Crippen MR) is 55.5 cm³/mol. The number of carbonyl (C=O) groups excluding carboxylic acids is 1. The fraction of sp³-hybridized carbons (Fsp3) is 0.800. The van der Waals surface area contributed by atoms with Crippen LogP contribution >= 0.6 is 0 Å². The van der Waals surface area contributed by atoms with Gasteiger partial charge in [0.2, 0.25) is 5.91 Å². The quantitative estimate of drug-likeness (QED) is 0.708. The second-order valence-electron chi connectivity index (χ2n) is 4.54. The van der Waals surface area contributed by atoms with E-state index in [2.05, 4.69) is 10.1 Å². The molecule has 0 heterocycles. The van der Waals surface area contributed by atoms with Crippen molar-refractivity contribution in [2.45, 2.75) is 33.2 Å². The van der Waals surface area contributed by atoms with Gasteiger partial charge in [-0.2, -0.15) is 0 Å². The minimum absolute atomic E-state index is 0.0703. The summed E-state index contributed by atoms with van der Waals surface area (Å²) in [6, 6.07) is 0. The lowest BCUT2D eigenvalue weighted by molar-refractivity contribution is -0.152. The van der Waals surface area contributed by atoms with E-state index in [1.54, 1.807) is 27.7 Å². The lowest BCUT2D eigenvalue weighted by Crippen LogP contribution is -2.57. The summed E-state index contributed by atoms with van der Waals surface area (Å²) in [5.41, 5.74) is -1.88. The van der Waals surface area contributed by atoms with Gasteiger partial charge in [0.15, 0.2) is 0 Å². The summed E-state index contributed by atoms with van der Waals surface area (Å²) >= 11 is 0. The smallest absolute Gasteiger partial charge is 0.311 e. The largest absolute Gasteiger partial charge is 0.481 e. The molecule has 88 valence electrons. The molecule has 0 unspecified atom stereocenters. The zero-order chi connectivity index (χ0) is 12.3. The first-order valence-electron chi connectivity index (χ1n) is 4.68. The summed E-state index contributed by atoms with van der Waals surface area (Å²) in [7, 11) is 1.41. The Kier molecular flexibility index (Phi) is 4.27. The Morgan fingerprint density at radius 3 is 2.07 bits per heavy atom. The van der Waals surface area contributed by atoms with Gasteiger partial charge >= 0.3 is 5.97 Å². The van der Waals surface area contributed by atoms with Crippen molar-refractivity contribution >= 4 is 11.9 Å². The van der Waals surface area contributed by atoms with E-state index < -0.39 is 16.9 Å². The Bertz CT molecular complexity index is 258. The predicted octanol–water partition coefficient (Wildman–Crippen LogP) is 0.638. The molecular formula is C10H19NO4. The van der Waals surface area contributed by atoms with Crippen LogP contribution in [0.5, 0.6) is 0 Å². The normalized spacial score (nSPS) is 12.3. The van der Waals surface area contributed by atoms with Crippen LogP contribution in [-0.4, -0.2) is 36.2 Å².